The van der Waals surface area contributed by atoms with Crippen molar-refractivity contribution in [3.8, 4) is 0 Å². The lowest BCUT2D eigenvalue weighted by Crippen LogP contribution is -2.16. The summed E-state index contributed by atoms with van der Waals surface area (Å²) in [7, 11) is 0. The van der Waals surface area contributed by atoms with E-state index in [0.29, 0.717) is 0 Å². The van der Waals surface area contributed by atoms with Gasteiger partial charge in [0.05, 0.1) is 3.58 Å². The fourth-order valence-electron chi connectivity index (χ4n) is 0.573. The van der Waals surface area contributed by atoms with Crippen LogP contribution < -0.4 is 0 Å². The van der Waals surface area contributed by atoms with Crippen LogP contribution in [0.2, 0.25) is 0 Å². The molecule has 3 nitrogen and oxygen atoms in total. The van der Waals surface area contributed by atoms with Gasteiger partial charge in [0.15, 0.2) is 0 Å². The van der Waals surface area contributed by atoms with E-state index in [1.165, 1.54) is 0 Å². The van der Waals surface area contributed by atoms with Gasteiger partial charge in [-0.1, -0.05) is 11.6 Å². The zero-order chi connectivity index (χ0) is 8.59. The summed E-state index contributed by atoms with van der Waals surface area (Å²) in [4.78, 5) is 21.4. The van der Waals surface area contributed by atoms with E-state index in [0.717, 1.165) is 6.08 Å². The van der Waals surface area contributed by atoms with Gasteiger partial charge in [-0.05, 0) is 22.6 Å². The van der Waals surface area contributed by atoms with Crippen molar-refractivity contribution in [2.75, 3.05) is 0 Å². The Morgan fingerprint density at radius 3 is 2.55 bits per heavy atom. The number of Topliss-reactive ketones (excluding diaryl/α,β-unsaturated/α-hetero) is 1. The van der Waals surface area contributed by atoms with Crippen LogP contribution in [0.3, 0.4) is 0 Å². The Morgan fingerprint density at radius 2 is 2.00 bits per heavy atom. The van der Waals surface area contributed by atoms with Crippen LogP contribution in [0.25, 0.3) is 0 Å². The van der Waals surface area contributed by atoms with E-state index < -0.39 is 11.6 Å². The Hall–Kier alpha value is -0.360. The standard InChI is InChI=1S/C6H2ClIO3/c7-4-5(8)2(9)1-3(10)6(4)11/h1,9H. The first-order valence-electron chi connectivity index (χ1n) is 2.59. The predicted octanol–water partition coefficient (Wildman–Crippen LogP) is 1.47. The van der Waals surface area contributed by atoms with E-state index >= 15 is 0 Å². The van der Waals surface area contributed by atoms with E-state index in [-0.39, 0.29) is 14.4 Å². The van der Waals surface area contributed by atoms with Crippen LogP contribution in [0.1, 0.15) is 0 Å². The van der Waals surface area contributed by atoms with Gasteiger partial charge in [-0.25, -0.2) is 0 Å². The molecule has 0 aromatic rings. The number of rotatable bonds is 0. The monoisotopic (exact) mass is 284 g/mol. The third-order valence-corrected chi connectivity index (χ3v) is 2.88. The van der Waals surface area contributed by atoms with Crippen LogP contribution in [0.4, 0.5) is 0 Å². The maximum Gasteiger partial charge on any atom is 0.245 e. The second-order valence-electron chi connectivity index (χ2n) is 1.85. The molecule has 0 bridgehead atoms. The van der Waals surface area contributed by atoms with Gasteiger partial charge in [0.25, 0.3) is 0 Å². The molecule has 1 N–H and O–H groups in total. The number of aliphatic hydroxyl groups excluding tert-OH is 1. The summed E-state index contributed by atoms with van der Waals surface area (Å²) < 4.78 is 0.217. The second-order valence-corrected chi connectivity index (χ2v) is 3.31. The van der Waals surface area contributed by atoms with Crippen LogP contribution in [0, 0.1) is 0 Å². The van der Waals surface area contributed by atoms with E-state index in [9.17, 15) is 9.59 Å². The first kappa shape index (κ1) is 8.73. The summed E-state index contributed by atoms with van der Waals surface area (Å²) in [5.74, 6) is -1.80. The Labute approximate surface area is 80.9 Å². The minimum Gasteiger partial charge on any atom is -0.507 e. The van der Waals surface area contributed by atoms with E-state index in [1.54, 1.807) is 22.6 Å². The molecule has 0 heterocycles. The minimum absolute atomic E-state index is 0.212. The van der Waals surface area contributed by atoms with Crippen molar-refractivity contribution in [3.63, 3.8) is 0 Å². The zero-order valence-corrected chi connectivity index (χ0v) is 8.01. The Balaban J connectivity index is 3.22. The lowest BCUT2D eigenvalue weighted by atomic mass is 10.1. The van der Waals surface area contributed by atoms with E-state index in [2.05, 4.69) is 0 Å². The maximum atomic E-state index is 10.8. The molecule has 0 radical (unpaired) electrons. The lowest BCUT2D eigenvalue weighted by Gasteiger charge is -2.05. The fourth-order valence-corrected chi connectivity index (χ4v) is 1.16. The topological polar surface area (TPSA) is 54.4 Å². The summed E-state index contributed by atoms with van der Waals surface area (Å²) >= 11 is 7.10. The molecule has 0 spiro atoms. The highest BCUT2D eigenvalue weighted by Crippen LogP contribution is 2.27. The van der Waals surface area contributed by atoms with Crippen LogP contribution in [-0.2, 0) is 9.59 Å². The third-order valence-electron chi connectivity index (χ3n) is 1.11. The fraction of sp³-hybridized carbons (Fsp3) is 0. The molecular formula is C6H2ClIO3. The Bertz CT molecular complexity index is 303. The summed E-state index contributed by atoms with van der Waals surface area (Å²) in [5.41, 5.74) is 0. The van der Waals surface area contributed by atoms with Gasteiger partial charge in [0.1, 0.15) is 10.8 Å². The highest BCUT2D eigenvalue weighted by Gasteiger charge is 2.25. The number of allylic oxidation sites excluding steroid dienone is 3. The van der Waals surface area contributed by atoms with Gasteiger partial charge in [-0.3, -0.25) is 9.59 Å². The van der Waals surface area contributed by atoms with Gasteiger partial charge in [0, 0.05) is 6.08 Å². The quantitative estimate of drug-likeness (QED) is 0.416. The van der Waals surface area contributed by atoms with Gasteiger partial charge in [-0.2, -0.15) is 0 Å². The molecule has 0 aliphatic heterocycles. The van der Waals surface area contributed by atoms with Crippen molar-refractivity contribution in [2.24, 2.45) is 0 Å². The first-order valence-corrected chi connectivity index (χ1v) is 4.04. The highest BCUT2D eigenvalue weighted by molar-refractivity contribution is 14.1. The lowest BCUT2D eigenvalue weighted by molar-refractivity contribution is -0.131. The van der Waals surface area contributed by atoms with Crippen molar-refractivity contribution < 1.29 is 14.7 Å². The van der Waals surface area contributed by atoms with Gasteiger partial charge >= 0.3 is 0 Å². The highest BCUT2D eigenvalue weighted by atomic mass is 127. The Kier molecular flexibility index (Phi) is 2.34. The summed E-state index contributed by atoms with van der Waals surface area (Å²) in [5, 5.41) is 8.76. The molecular weight excluding hydrogens is 282 g/mol. The molecule has 0 fully saturated rings. The molecule has 0 aromatic carbocycles. The number of hydrogen-bond donors (Lipinski definition) is 1. The van der Waals surface area contributed by atoms with Gasteiger partial charge in [-0.15, -0.1) is 0 Å². The van der Waals surface area contributed by atoms with Crippen LogP contribution in [-0.4, -0.2) is 16.7 Å². The zero-order valence-electron chi connectivity index (χ0n) is 5.10. The van der Waals surface area contributed by atoms with Crippen molar-refractivity contribution >= 4 is 45.8 Å². The van der Waals surface area contributed by atoms with Crippen molar-refractivity contribution in [3.05, 3.63) is 20.4 Å². The summed E-state index contributed by atoms with van der Waals surface area (Å²) in [6.07, 6.45) is 0.857. The van der Waals surface area contributed by atoms with Gasteiger partial charge in [0.2, 0.25) is 11.6 Å². The smallest absolute Gasteiger partial charge is 0.245 e. The van der Waals surface area contributed by atoms with Crippen LogP contribution in [0.5, 0.6) is 0 Å². The summed E-state index contributed by atoms with van der Waals surface area (Å²) in [6, 6.07) is 0. The van der Waals surface area contributed by atoms with E-state index in [4.69, 9.17) is 16.7 Å². The SMILES string of the molecule is O=C1C=C(O)C(I)=C(Cl)C1=O. The molecule has 1 aliphatic rings. The van der Waals surface area contributed by atoms with Crippen molar-refractivity contribution in [2.45, 2.75) is 0 Å². The predicted molar refractivity (Wildman–Crippen MR) is 47.6 cm³/mol. The number of carbonyl (C=O) groups is 2. The van der Waals surface area contributed by atoms with Gasteiger partial charge < -0.3 is 5.11 Å². The number of hydrogen-bond acceptors (Lipinski definition) is 3. The molecule has 0 amide bonds. The van der Waals surface area contributed by atoms with Crippen molar-refractivity contribution in [1.29, 1.82) is 0 Å². The minimum atomic E-state index is -0.784. The second kappa shape index (κ2) is 2.94. The van der Waals surface area contributed by atoms with Crippen molar-refractivity contribution in [1.82, 2.24) is 0 Å². The van der Waals surface area contributed by atoms with Crippen LogP contribution in [0.15, 0.2) is 20.4 Å². The average Bonchev–Trinajstić information content (AvgIpc) is 1.97. The first-order chi connectivity index (χ1) is 5.04. The summed E-state index contributed by atoms with van der Waals surface area (Å²) in [6.45, 7) is 0. The third kappa shape index (κ3) is 1.46. The molecule has 0 saturated carbocycles. The molecule has 11 heavy (non-hydrogen) atoms. The van der Waals surface area contributed by atoms with Crippen LogP contribution >= 0.6 is 34.2 Å². The molecule has 0 aromatic heterocycles. The van der Waals surface area contributed by atoms with E-state index in [1.807, 2.05) is 0 Å². The number of aliphatic hydroxyl groups is 1. The Morgan fingerprint density at radius 1 is 1.45 bits per heavy atom. The molecule has 0 saturated heterocycles. The molecule has 5 heteroatoms. The number of carbonyl (C=O) groups excluding carboxylic acids is 2. The molecule has 1 aliphatic carbocycles. The number of ketones is 2. The number of halogens is 2. The average molecular weight is 284 g/mol. The molecule has 1 rings (SSSR count). The molecule has 58 valence electrons. The molecule has 0 atom stereocenters. The largest absolute Gasteiger partial charge is 0.507 e. The molecule has 0 unspecified atom stereocenters. The maximum absolute atomic E-state index is 10.8. The normalized spacial score (nSPS) is 18.9.